The Kier molecular flexibility index (Phi) is 5.32. The van der Waals surface area contributed by atoms with E-state index in [0.717, 1.165) is 5.82 Å². The molecular formula is C15H24N4O. The van der Waals surface area contributed by atoms with E-state index in [1.54, 1.807) is 20.2 Å². The molecule has 110 valence electrons. The number of aromatic nitrogens is 2. The summed E-state index contributed by atoms with van der Waals surface area (Å²) in [6.07, 6.45) is 8.98. The first-order valence-corrected chi connectivity index (χ1v) is 7.49. The fourth-order valence-corrected chi connectivity index (χ4v) is 2.56. The van der Waals surface area contributed by atoms with Crippen LogP contribution in [-0.2, 0) is 0 Å². The van der Waals surface area contributed by atoms with E-state index in [9.17, 15) is 4.79 Å². The van der Waals surface area contributed by atoms with Crippen LogP contribution in [0.15, 0.2) is 12.1 Å². The second kappa shape index (κ2) is 7.22. The minimum atomic E-state index is -0.116. The van der Waals surface area contributed by atoms with Gasteiger partial charge in [-0.05, 0) is 25.0 Å². The fraction of sp³-hybridized carbons (Fsp3) is 0.667. The first-order valence-electron chi connectivity index (χ1n) is 7.49. The van der Waals surface area contributed by atoms with Gasteiger partial charge in [0.1, 0.15) is 5.82 Å². The molecule has 1 aromatic heterocycles. The number of carbonyl (C=O) groups is 1. The Morgan fingerprint density at radius 3 is 2.30 bits per heavy atom. The van der Waals surface area contributed by atoms with Gasteiger partial charge in [-0.3, -0.25) is 4.79 Å². The van der Waals surface area contributed by atoms with Crippen LogP contribution in [0.5, 0.6) is 0 Å². The van der Waals surface area contributed by atoms with Crippen molar-refractivity contribution < 1.29 is 4.79 Å². The molecule has 0 atom stereocenters. The van der Waals surface area contributed by atoms with Crippen LogP contribution in [0.1, 0.15) is 55.4 Å². The molecule has 0 aromatic carbocycles. The van der Waals surface area contributed by atoms with Crippen LogP contribution in [-0.4, -0.2) is 41.1 Å². The number of anilines is 1. The van der Waals surface area contributed by atoms with Crippen LogP contribution in [0.2, 0.25) is 0 Å². The van der Waals surface area contributed by atoms with Gasteiger partial charge in [0.25, 0.3) is 5.91 Å². The van der Waals surface area contributed by atoms with Crippen molar-refractivity contribution in [3.8, 4) is 0 Å². The predicted octanol–water partition coefficient (Wildman–Crippen LogP) is 2.70. The molecule has 1 aromatic rings. The fourth-order valence-electron chi connectivity index (χ4n) is 2.56. The van der Waals surface area contributed by atoms with E-state index < -0.39 is 0 Å². The van der Waals surface area contributed by atoms with Gasteiger partial charge in [-0.1, -0.05) is 32.1 Å². The lowest BCUT2D eigenvalue weighted by Crippen LogP contribution is -2.24. The summed E-state index contributed by atoms with van der Waals surface area (Å²) in [4.78, 5) is 13.2. The van der Waals surface area contributed by atoms with Crippen molar-refractivity contribution in [2.75, 3.05) is 19.4 Å². The summed E-state index contributed by atoms with van der Waals surface area (Å²) in [6.45, 7) is 0. The van der Waals surface area contributed by atoms with Crippen LogP contribution in [0.25, 0.3) is 0 Å². The second-order valence-corrected chi connectivity index (χ2v) is 5.69. The summed E-state index contributed by atoms with van der Waals surface area (Å²) < 4.78 is 0. The van der Waals surface area contributed by atoms with Gasteiger partial charge in [-0.2, -0.15) is 0 Å². The normalized spacial score (nSPS) is 17.1. The highest BCUT2D eigenvalue weighted by Gasteiger charge is 2.13. The molecular weight excluding hydrogens is 252 g/mol. The Bertz CT molecular complexity index is 422. The molecule has 5 nitrogen and oxygen atoms in total. The van der Waals surface area contributed by atoms with Crippen LogP contribution < -0.4 is 5.32 Å². The molecule has 1 heterocycles. The Balaban J connectivity index is 1.94. The third kappa shape index (κ3) is 4.18. The van der Waals surface area contributed by atoms with E-state index in [1.165, 1.54) is 49.8 Å². The van der Waals surface area contributed by atoms with Crippen LogP contribution in [0.3, 0.4) is 0 Å². The van der Waals surface area contributed by atoms with E-state index in [2.05, 4.69) is 15.5 Å². The molecule has 1 fully saturated rings. The van der Waals surface area contributed by atoms with Crippen molar-refractivity contribution in [3.05, 3.63) is 17.8 Å². The maximum Gasteiger partial charge on any atom is 0.273 e. The van der Waals surface area contributed by atoms with Gasteiger partial charge in [0.05, 0.1) is 0 Å². The molecule has 20 heavy (non-hydrogen) atoms. The van der Waals surface area contributed by atoms with Crippen molar-refractivity contribution in [2.24, 2.45) is 0 Å². The number of amides is 1. The lowest BCUT2D eigenvalue weighted by atomic mass is 9.97. The van der Waals surface area contributed by atoms with Crippen molar-refractivity contribution in [2.45, 2.75) is 51.0 Å². The standard InChI is InChI=1S/C15H24N4O/c1-19(2)15(20)13-10-11-14(18-17-13)16-12-8-6-4-3-5-7-9-12/h10-12H,3-9H2,1-2H3,(H,16,18). The van der Waals surface area contributed by atoms with E-state index in [-0.39, 0.29) is 5.91 Å². The van der Waals surface area contributed by atoms with Crippen molar-refractivity contribution in [1.82, 2.24) is 15.1 Å². The summed E-state index contributed by atoms with van der Waals surface area (Å²) >= 11 is 0. The molecule has 1 aliphatic carbocycles. The Labute approximate surface area is 120 Å². The first kappa shape index (κ1) is 14.8. The van der Waals surface area contributed by atoms with Gasteiger partial charge in [0, 0.05) is 20.1 Å². The number of hydrogen-bond donors (Lipinski definition) is 1. The lowest BCUT2D eigenvalue weighted by Gasteiger charge is -2.21. The van der Waals surface area contributed by atoms with Crippen LogP contribution in [0.4, 0.5) is 5.82 Å². The topological polar surface area (TPSA) is 58.1 Å². The van der Waals surface area contributed by atoms with Crippen molar-refractivity contribution in [1.29, 1.82) is 0 Å². The van der Waals surface area contributed by atoms with E-state index in [4.69, 9.17) is 0 Å². The minimum Gasteiger partial charge on any atom is -0.366 e. The number of nitrogens with one attached hydrogen (secondary N) is 1. The maximum absolute atomic E-state index is 11.7. The Morgan fingerprint density at radius 1 is 1.10 bits per heavy atom. The Hall–Kier alpha value is -1.65. The molecule has 0 radical (unpaired) electrons. The molecule has 2 rings (SSSR count). The highest BCUT2D eigenvalue weighted by Crippen LogP contribution is 2.19. The van der Waals surface area contributed by atoms with Gasteiger partial charge in [-0.15, -0.1) is 10.2 Å². The number of rotatable bonds is 3. The third-order valence-electron chi connectivity index (χ3n) is 3.75. The van der Waals surface area contributed by atoms with Gasteiger partial charge < -0.3 is 10.2 Å². The van der Waals surface area contributed by atoms with Gasteiger partial charge in [0.15, 0.2) is 5.69 Å². The summed E-state index contributed by atoms with van der Waals surface area (Å²) in [6, 6.07) is 4.07. The maximum atomic E-state index is 11.7. The molecule has 0 spiro atoms. The molecule has 1 saturated carbocycles. The SMILES string of the molecule is CN(C)C(=O)c1ccc(NC2CCCCCCC2)nn1. The molecule has 1 amide bonds. The zero-order chi connectivity index (χ0) is 14.4. The van der Waals surface area contributed by atoms with Gasteiger partial charge >= 0.3 is 0 Å². The number of carbonyl (C=O) groups excluding carboxylic acids is 1. The highest BCUT2D eigenvalue weighted by atomic mass is 16.2. The van der Waals surface area contributed by atoms with Crippen molar-refractivity contribution >= 4 is 11.7 Å². The molecule has 5 heteroatoms. The molecule has 1 aliphatic rings. The molecule has 1 N–H and O–H groups in total. The summed E-state index contributed by atoms with van der Waals surface area (Å²) in [7, 11) is 3.43. The van der Waals surface area contributed by atoms with E-state index >= 15 is 0 Å². The smallest absolute Gasteiger partial charge is 0.273 e. The number of nitrogens with zero attached hydrogens (tertiary/aromatic N) is 3. The molecule has 0 saturated heterocycles. The molecule has 0 bridgehead atoms. The van der Waals surface area contributed by atoms with E-state index in [1.807, 2.05) is 6.07 Å². The zero-order valence-electron chi connectivity index (χ0n) is 12.4. The van der Waals surface area contributed by atoms with Gasteiger partial charge in [0.2, 0.25) is 0 Å². The monoisotopic (exact) mass is 276 g/mol. The number of hydrogen-bond acceptors (Lipinski definition) is 4. The average molecular weight is 276 g/mol. The lowest BCUT2D eigenvalue weighted by molar-refractivity contribution is 0.0821. The quantitative estimate of drug-likeness (QED) is 0.922. The van der Waals surface area contributed by atoms with Crippen molar-refractivity contribution in [3.63, 3.8) is 0 Å². The zero-order valence-corrected chi connectivity index (χ0v) is 12.4. The first-order chi connectivity index (χ1) is 9.66. The highest BCUT2D eigenvalue weighted by molar-refractivity contribution is 5.91. The molecule has 0 unspecified atom stereocenters. The third-order valence-corrected chi connectivity index (χ3v) is 3.75. The molecule has 0 aliphatic heterocycles. The van der Waals surface area contributed by atoms with Crippen LogP contribution in [0, 0.1) is 0 Å². The van der Waals surface area contributed by atoms with E-state index in [0.29, 0.717) is 11.7 Å². The summed E-state index contributed by atoms with van der Waals surface area (Å²) in [5.74, 6) is 0.654. The summed E-state index contributed by atoms with van der Waals surface area (Å²) in [5, 5.41) is 11.6. The predicted molar refractivity (Wildman–Crippen MR) is 79.8 cm³/mol. The largest absolute Gasteiger partial charge is 0.366 e. The Morgan fingerprint density at radius 2 is 1.75 bits per heavy atom. The minimum absolute atomic E-state index is 0.116. The average Bonchev–Trinajstić information content (AvgIpc) is 2.41. The van der Waals surface area contributed by atoms with Crippen LogP contribution >= 0.6 is 0 Å². The summed E-state index contributed by atoms with van der Waals surface area (Å²) in [5.41, 5.74) is 0.387. The van der Waals surface area contributed by atoms with Gasteiger partial charge in [-0.25, -0.2) is 0 Å². The second-order valence-electron chi connectivity index (χ2n) is 5.69.